The summed E-state index contributed by atoms with van der Waals surface area (Å²) in [5, 5.41) is 0. The number of hydrogen-bond acceptors (Lipinski definition) is 1. The van der Waals surface area contributed by atoms with Gasteiger partial charge in [-0.2, -0.15) is 0 Å². The predicted octanol–water partition coefficient (Wildman–Crippen LogP) is 3.28. The molecule has 64 valence electrons. The third-order valence-corrected chi connectivity index (χ3v) is 1.26. The van der Waals surface area contributed by atoms with E-state index in [-0.39, 0.29) is 14.9 Å². The second-order valence-corrected chi connectivity index (χ2v) is 2.02. The van der Waals surface area contributed by atoms with Crippen molar-refractivity contribution in [2.75, 3.05) is 7.11 Å². The number of benzene rings is 1. The zero-order valence-electron chi connectivity index (χ0n) is 5.72. The summed E-state index contributed by atoms with van der Waals surface area (Å²) in [6, 6.07) is 7.96. The van der Waals surface area contributed by atoms with Crippen molar-refractivity contribution >= 4 is 0 Å². The zero-order chi connectivity index (χ0) is 6.69. The van der Waals surface area contributed by atoms with E-state index in [1.54, 1.807) is 7.11 Å². The molecule has 1 aromatic rings. The average Bonchev–Trinajstić information content (AvgIpc) is 1.90. The van der Waals surface area contributed by atoms with E-state index in [0.29, 0.717) is 0 Å². The van der Waals surface area contributed by atoms with E-state index in [1.165, 1.54) is 5.56 Å². The molecule has 0 saturated heterocycles. The molecule has 0 aliphatic carbocycles. The second-order valence-electron chi connectivity index (χ2n) is 2.02. The molecule has 0 heterocycles. The Bertz CT molecular complexity index is 177. The van der Waals surface area contributed by atoms with Gasteiger partial charge in [0.15, 0.2) is 0 Å². The molecule has 1 nitrogen and oxygen atoms in total. The third-order valence-electron chi connectivity index (χ3n) is 1.26. The van der Waals surface area contributed by atoms with Gasteiger partial charge in [0.2, 0.25) is 0 Å². The van der Waals surface area contributed by atoms with Crippen molar-refractivity contribution in [3.8, 4) is 5.75 Å². The van der Waals surface area contributed by atoms with Crippen LogP contribution >= 0.6 is 0 Å². The van der Waals surface area contributed by atoms with Gasteiger partial charge in [-0.3, -0.25) is 0 Å². The van der Waals surface area contributed by atoms with Crippen LogP contribution in [0.5, 0.6) is 5.75 Å². The van der Waals surface area contributed by atoms with Crippen LogP contribution in [0.2, 0.25) is 0 Å². The molecule has 0 aliphatic rings. The van der Waals surface area contributed by atoms with Crippen molar-refractivity contribution in [1.82, 2.24) is 0 Å². The maximum atomic E-state index is 4.97. The van der Waals surface area contributed by atoms with E-state index in [4.69, 9.17) is 4.74 Å². The molecule has 1 aromatic carbocycles. The van der Waals surface area contributed by atoms with Gasteiger partial charge in [0.1, 0.15) is 5.75 Å². The first-order chi connectivity index (χ1) is 4.33. The van der Waals surface area contributed by atoms with Crippen LogP contribution in [0.15, 0.2) is 24.3 Å². The van der Waals surface area contributed by atoms with E-state index in [2.05, 4.69) is 6.92 Å². The summed E-state index contributed by atoms with van der Waals surface area (Å²) in [5.74, 6) is 0.917. The predicted molar refractivity (Wildman–Crippen MR) is 51.2 cm³/mol. The number of aryl methyl sites for hydroxylation is 1. The fourth-order valence-corrected chi connectivity index (χ4v) is 0.674. The van der Waals surface area contributed by atoms with Crippen molar-refractivity contribution in [3.63, 3.8) is 0 Å². The van der Waals surface area contributed by atoms with E-state index >= 15 is 0 Å². The monoisotopic (exact) mass is 154 g/mol. The van der Waals surface area contributed by atoms with Crippen LogP contribution in [0.25, 0.3) is 0 Å². The fourth-order valence-electron chi connectivity index (χ4n) is 0.674. The van der Waals surface area contributed by atoms with Crippen molar-refractivity contribution in [3.05, 3.63) is 29.8 Å². The highest BCUT2D eigenvalue weighted by Gasteiger charge is 1.85. The summed E-state index contributed by atoms with van der Waals surface area (Å²) >= 11 is 0. The summed E-state index contributed by atoms with van der Waals surface area (Å²) in [6.07, 6.45) is 0. The minimum Gasteiger partial charge on any atom is -0.497 e. The SMILES string of the molecule is C.C.COc1ccc(C)cc1. The van der Waals surface area contributed by atoms with Crippen LogP contribution in [0.4, 0.5) is 0 Å². The van der Waals surface area contributed by atoms with E-state index in [1.807, 2.05) is 24.3 Å². The van der Waals surface area contributed by atoms with Gasteiger partial charge < -0.3 is 4.74 Å². The molecule has 0 radical (unpaired) electrons. The van der Waals surface area contributed by atoms with Crippen LogP contribution in [0, 0.1) is 6.92 Å². The van der Waals surface area contributed by atoms with Crippen molar-refractivity contribution in [2.24, 2.45) is 0 Å². The summed E-state index contributed by atoms with van der Waals surface area (Å²) < 4.78 is 4.97. The van der Waals surface area contributed by atoms with Gasteiger partial charge in [0.25, 0.3) is 0 Å². The van der Waals surface area contributed by atoms with Crippen LogP contribution in [-0.2, 0) is 0 Å². The topological polar surface area (TPSA) is 9.23 Å². The number of hydrogen-bond donors (Lipinski definition) is 0. The van der Waals surface area contributed by atoms with Crippen LogP contribution in [-0.4, -0.2) is 7.11 Å². The first kappa shape index (κ1) is 12.7. The average molecular weight is 154 g/mol. The number of ether oxygens (including phenoxy) is 1. The molecule has 11 heavy (non-hydrogen) atoms. The van der Waals surface area contributed by atoms with Crippen LogP contribution in [0.3, 0.4) is 0 Å². The Labute approximate surface area is 70.0 Å². The minimum atomic E-state index is 0. The summed E-state index contributed by atoms with van der Waals surface area (Å²) in [5.41, 5.74) is 1.26. The van der Waals surface area contributed by atoms with Gasteiger partial charge in [-0.1, -0.05) is 32.5 Å². The van der Waals surface area contributed by atoms with Crippen molar-refractivity contribution < 1.29 is 4.74 Å². The van der Waals surface area contributed by atoms with E-state index < -0.39 is 0 Å². The first-order valence-corrected chi connectivity index (χ1v) is 2.93. The smallest absolute Gasteiger partial charge is 0.118 e. The maximum Gasteiger partial charge on any atom is 0.118 e. The number of rotatable bonds is 1. The lowest BCUT2D eigenvalue weighted by Crippen LogP contribution is -1.80. The van der Waals surface area contributed by atoms with E-state index in [9.17, 15) is 0 Å². The van der Waals surface area contributed by atoms with Crippen LogP contribution < -0.4 is 4.74 Å². The minimum absolute atomic E-state index is 0. The summed E-state index contributed by atoms with van der Waals surface area (Å²) in [7, 11) is 1.67. The summed E-state index contributed by atoms with van der Waals surface area (Å²) in [6.45, 7) is 2.06. The highest BCUT2D eigenvalue weighted by Crippen LogP contribution is 2.09. The second kappa shape index (κ2) is 5.78. The zero-order valence-corrected chi connectivity index (χ0v) is 5.72. The molecule has 0 aliphatic heterocycles. The Morgan fingerprint density at radius 2 is 1.45 bits per heavy atom. The molecule has 0 bridgehead atoms. The number of methoxy groups -OCH3 is 1. The molecule has 0 atom stereocenters. The molecule has 1 rings (SSSR count). The normalized spacial score (nSPS) is 7.45. The Hall–Kier alpha value is -0.980. The van der Waals surface area contributed by atoms with Crippen LogP contribution in [0.1, 0.15) is 20.4 Å². The third kappa shape index (κ3) is 3.66. The van der Waals surface area contributed by atoms with Crippen molar-refractivity contribution in [2.45, 2.75) is 21.8 Å². The van der Waals surface area contributed by atoms with Crippen molar-refractivity contribution in [1.29, 1.82) is 0 Å². The molecule has 1 heteroatoms. The Morgan fingerprint density at radius 1 is 1.00 bits per heavy atom. The lowest BCUT2D eigenvalue weighted by Gasteiger charge is -1.97. The van der Waals surface area contributed by atoms with Gasteiger partial charge in [0.05, 0.1) is 7.11 Å². The molecule has 0 amide bonds. The standard InChI is InChI=1S/C8H10O.2CH4/c1-7-3-5-8(9-2)6-4-7;;/h3-6H,1-2H3;2*1H4. The van der Waals surface area contributed by atoms with Gasteiger partial charge >= 0.3 is 0 Å². The Balaban J connectivity index is 0. The maximum absolute atomic E-state index is 4.97. The lowest BCUT2D eigenvalue weighted by molar-refractivity contribution is 0.414. The summed E-state index contributed by atoms with van der Waals surface area (Å²) in [4.78, 5) is 0. The van der Waals surface area contributed by atoms with Gasteiger partial charge in [0, 0.05) is 0 Å². The Kier molecular flexibility index (Phi) is 6.66. The molecule has 0 N–H and O–H groups in total. The van der Waals surface area contributed by atoms with Gasteiger partial charge in [-0.25, -0.2) is 0 Å². The largest absolute Gasteiger partial charge is 0.497 e. The molecular formula is C10H18O. The molecule has 0 saturated carbocycles. The molecule has 0 aromatic heterocycles. The quantitative estimate of drug-likeness (QED) is 0.603. The molecule has 0 unspecified atom stereocenters. The van der Waals surface area contributed by atoms with Gasteiger partial charge in [-0.05, 0) is 19.1 Å². The fraction of sp³-hybridized carbons (Fsp3) is 0.400. The van der Waals surface area contributed by atoms with E-state index in [0.717, 1.165) is 5.75 Å². The highest BCUT2D eigenvalue weighted by atomic mass is 16.5. The first-order valence-electron chi connectivity index (χ1n) is 2.93. The Morgan fingerprint density at radius 3 is 1.82 bits per heavy atom. The molecule has 0 fully saturated rings. The van der Waals surface area contributed by atoms with Gasteiger partial charge in [-0.15, -0.1) is 0 Å². The molecule has 0 spiro atoms. The lowest BCUT2D eigenvalue weighted by atomic mass is 10.2. The molecular weight excluding hydrogens is 136 g/mol. The highest BCUT2D eigenvalue weighted by molar-refractivity contribution is 5.25.